The first kappa shape index (κ1) is 30.9. The monoisotopic (exact) mass is 624 g/mol. The number of hydrogen-bond acceptors (Lipinski definition) is 5. The Morgan fingerprint density at radius 2 is 1.46 bits per heavy atom. The summed E-state index contributed by atoms with van der Waals surface area (Å²) in [6, 6.07) is 13.0. The van der Waals surface area contributed by atoms with E-state index in [1.54, 1.807) is 6.92 Å². The second kappa shape index (κ2) is 13.6. The van der Waals surface area contributed by atoms with Crippen molar-refractivity contribution >= 4 is 28.6 Å². The van der Waals surface area contributed by atoms with Gasteiger partial charge in [-0.2, -0.15) is 0 Å². The highest BCUT2D eigenvalue weighted by atomic mass is 16.2. The van der Waals surface area contributed by atoms with Crippen molar-refractivity contribution in [3.8, 4) is 11.3 Å². The Labute approximate surface area is 272 Å². The molecule has 3 aromatic rings. The molecule has 46 heavy (non-hydrogen) atoms. The lowest BCUT2D eigenvalue weighted by atomic mass is 9.86. The zero-order chi connectivity index (χ0) is 31.6. The molecule has 0 atom stereocenters. The van der Waals surface area contributed by atoms with Crippen LogP contribution in [0.15, 0.2) is 42.6 Å². The number of aromatic nitrogens is 2. The second-order valence-corrected chi connectivity index (χ2v) is 13.9. The Bertz CT molecular complexity index is 1550. The van der Waals surface area contributed by atoms with E-state index in [2.05, 4.69) is 45.1 Å². The van der Waals surface area contributed by atoms with Crippen molar-refractivity contribution in [3.63, 3.8) is 0 Å². The van der Waals surface area contributed by atoms with Crippen molar-refractivity contribution in [2.75, 3.05) is 52.4 Å². The van der Waals surface area contributed by atoms with Gasteiger partial charge in [0.05, 0.1) is 5.69 Å². The number of likely N-dealkylation sites (tertiary alicyclic amines) is 2. The fourth-order valence-corrected chi connectivity index (χ4v) is 8.27. The number of rotatable bonds is 5. The van der Waals surface area contributed by atoms with E-state index >= 15 is 0 Å². The Kier molecular flexibility index (Phi) is 9.11. The van der Waals surface area contributed by atoms with Gasteiger partial charge in [-0.3, -0.25) is 24.3 Å². The number of pyridine rings is 1. The minimum absolute atomic E-state index is 0.0468. The number of H-pyrrole nitrogens is 1. The summed E-state index contributed by atoms with van der Waals surface area (Å²) >= 11 is 0. The molecular formula is C37H48N6O3. The third kappa shape index (κ3) is 6.57. The number of hydrogen-bond donors (Lipinski definition) is 1. The molecular weight excluding hydrogens is 576 g/mol. The van der Waals surface area contributed by atoms with Gasteiger partial charge in [-0.15, -0.1) is 0 Å². The van der Waals surface area contributed by atoms with E-state index in [9.17, 15) is 14.4 Å². The summed E-state index contributed by atoms with van der Waals surface area (Å²) in [5, 5.41) is 1.15. The molecule has 2 aromatic heterocycles. The number of carbonyl (C=O) groups excluding carboxylic acids is 3. The van der Waals surface area contributed by atoms with Gasteiger partial charge in [0.25, 0.3) is 5.91 Å². The second-order valence-electron chi connectivity index (χ2n) is 13.9. The van der Waals surface area contributed by atoms with Crippen molar-refractivity contribution < 1.29 is 14.4 Å². The van der Waals surface area contributed by atoms with Gasteiger partial charge in [0, 0.05) is 111 Å². The molecule has 3 saturated heterocycles. The van der Waals surface area contributed by atoms with Gasteiger partial charge in [-0.25, -0.2) is 0 Å². The number of piperidine rings is 2. The van der Waals surface area contributed by atoms with E-state index in [0.29, 0.717) is 25.0 Å². The molecule has 1 saturated carbocycles. The van der Waals surface area contributed by atoms with Gasteiger partial charge < -0.3 is 19.7 Å². The van der Waals surface area contributed by atoms with Crippen LogP contribution in [0.25, 0.3) is 22.2 Å². The topological polar surface area (TPSA) is 92.9 Å². The van der Waals surface area contributed by atoms with E-state index < -0.39 is 0 Å². The lowest BCUT2D eigenvalue weighted by Gasteiger charge is -2.43. The third-order valence-corrected chi connectivity index (χ3v) is 11.1. The van der Waals surface area contributed by atoms with Crippen LogP contribution in [-0.2, 0) is 9.59 Å². The largest absolute Gasteiger partial charge is 0.361 e. The predicted octanol–water partition coefficient (Wildman–Crippen LogP) is 5.28. The smallest absolute Gasteiger partial charge is 0.254 e. The number of aromatic amines is 1. The quantitative estimate of drug-likeness (QED) is 0.417. The molecule has 4 aliphatic rings. The van der Waals surface area contributed by atoms with E-state index in [1.165, 1.54) is 19.3 Å². The highest BCUT2D eigenvalue weighted by molar-refractivity contribution is 5.96. The normalized spacial score (nSPS) is 21.2. The summed E-state index contributed by atoms with van der Waals surface area (Å²) in [5.41, 5.74) is 4.87. The maximum Gasteiger partial charge on any atom is 0.254 e. The van der Waals surface area contributed by atoms with Crippen molar-refractivity contribution in [2.45, 2.75) is 76.7 Å². The van der Waals surface area contributed by atoms with Crippen LogP contribution in [0, 0.1) is 5.92 Å². The fourth-order valence-electron chi connectivity index (χ4n) is 8.27. The zero-order valence-electron chi connectivity index (χ0n) is 27.3. The SMILES string of the molecule is CC(=O)N1CCC(C(=O)N2CCC(N3CCN(C(=O)c4cc(-c5ccc6[nH]ccc6c5)nc(C5CCCCC5)c4)CC3)CC2)CC1. The van der Waals surface area contributed by atoms with Crippen LogP contribution in [0.3, 0.4) is 0 Å². The van der Waals surface area contributed by atoms with Gasteiger partial charge in [0.2, 0.25) is 11.8 Å². The molecule has 0 spiro atoms. The number of benzene rings is 1. The van der Waals surface area contributed by atoms with Crippen LogP contribution in [0.5, 0.6) is 0 Å². The number of fused-ring (bicyclic) bond motifs is 1. The number of carbonyl (C=O) groups is 3. The van der Waals surface area contributed by atoms with Crippen molar-refractivity contribution in [1.29, 1.82) is 0 Å². The summed E-state index contributed by atoms with van der Waals surface area (Å²) in [6.45, 7) is 7.77. The molecule has 3 amide bonds. The Balaban J connectivity index is 0.973. The average molecular weight is 625 g/mol. The molecule has 1 aliphatic carbocycles. The first-order valence-corrected chi connectivity index (χ1v) is 17.6. The first-order valence-electron chi connectivity index (χ1n) is 17.6. The van der Waals surface area contributed by atoms with Crippen LogP contribution in [0.2, 0.25) is 0 Å². The predicted molar refractivity (Wildman–Crippen MR) is 179 cm³/mol. The molecule has 0 unspecified atom stereocenters. The van der Waals surface area contributed by atoms with Crippen LogP contribution in [-0.4, -0.2) is 106 Å². The minimum Gasteiger partial charge on any atom is -0.361 e. The molecule has 7 rings (SSSR count). The molecule has 9 heteroatoms. The molecule has 9 nitrogen and oxygen atoms in total. The standard InChI is InChI=1S/C37H48N6O3/c1-26(44)40-15-10-28(11-16-40)36(45)42-17-12-32(13-18-42)41-19-21-43(22-20-41)37(46)31-24-34(27-5-3-2-4-6-27)39-35(25-31)29-7-8-33-30(23-29)9-14-38-33/h7-9,14,23-25,27-28,32,38H,2-6,10-13,15-22H2,1H3. The molecule has 0 radical (unpaired) electrons. The maximum atomic E-state index is 14.0. The van der Waals surface area contributed by atoms with E-state index in [-0.39, 0.29) is 23.6 Å². The van der Waals surface area contributed by atoms with E-state index in [1.807, 2.05) is 22.1 Å². The summed E-state index contributed by atoms with van der Waals surface area (Å²) in [7, 11) is 0. The molecule has 1 aromatic carbocycles. The van der Waals surface area contributed by atoms with Gasteiger partial charge in [-0.1, -0.05) is 25.3 Å². The van der Waals surface area contributed by atoms with Crippen molar-refractivity contribution in [1.82, 2.24) is 29.6 Å². The molecule has 4 fully saturated rings. The number of nitrogens with zero attached hydrogens (tertiary/aromatic N) is 5. The molecule has 244 valence electrons. The highest BCUT2D eigenvalue weighted by Gasteiger charge is 2.34. The minimum atomic E-state index is 0.0468. The van der Waals surface area contributed by atoms with E-state index in [0.717, 1.165) is 111 Å². The lowest BCUT2D eigenvalue weighted by Crippen LogP contribution is -2.55. The summed E-state index contributed by atoms with van der Waals surface area (Å²) in [5.74, 6) is 0.951. The number of piperazine rings is 1. The van der Waals surface area contributed by atoms with Crippen LogP contribution >= 0.6 is 0 Å². The van der Waals surface area contributed by atoms with Crippen LogP contribution in [0.4, 0.5) is 0 Å². The molecule has 1 N–H and O–H groups in total. The molecule has 0 bridgehead atoms. The molecule has 3 aliphatic heterocycles. The highest BCUT2D eigenvalue weighted by Crippen LogP contribution is 2.34. The van der Waals surface area contributed by atoms with Gasteiger partial charge in [0.15, 0.2) is 0 Å². The summed E-state index contributed by atoms with van der Waals surface area (Å²) in [6.07, 6.45) is 11.5. The van der Waals surface area contributed by atoms with Crippen molar-refractivity contribution in [3.05, 3.63) is 53.9 Å². The first-order chi connectivity index (χ1) is 22.4. The number of nitrogens with one attached hydrogen (secondary N) is 1. The van der Waals surface area contributed by atoms with Gasteiger partial charge >= 0.3 is 0 Å². The lowest BCUT2D eigenvalue weighted by molar-refractivity contribution is -0.141. The zero-order valence-corrected chi connectivity index (χ0v) is 27.3. The molecule has 5 heterocycles. The fraction of sp³-hybridized carbons (Fsp3) is 0.568. The third-order valence-electron chi connectivity index (χ3n) is 11.1. The Morgan fingerprint density at radius 3 is 2.17 bits per heavy atom. The summed E-state index contributed by atoms with van der Waals surface area (Å²) < 4.78 is 0. The van der Waals surface area contributed by atoms with E-state index in [4.69, 9.17) is 4.98 Å². The summed E-state index contributed by atoms with van der Waals surface area (Å²) in [4.78, 5) is 55.8. The Morgan fingerprint density at radius 1 is 0.739 bits per heavy atom. The van der Waals surface area contributed by atoms with Crippen LogP contribution in [0.1, 0.15) is 86.7 Å². The van der Waals surface area contributed by atoms with Gasteiger partial charge in [-0.05, 0) is 68.9 Å². The Hall–Kier alpha value is -3.72. The average Bonchev–Trinajstić information content (AvgIpc) is 3.60. The van der Waals surface area contributed by atoms with Gasteiger partial charge in [0.1, 0.15) is 0 Å². The van der Waals surface area contributed by atoms with Crippen LogP contribution < -0.4 is 0 Å². The van der Waals surface area contributed by atoms with Crippen molar-refractivity contribution in [2.24, 2.45) is 5.92 Å². The maximum absolute atomic E-state index is 14.0. The number of amides is 3.